The van der Waals surface area contributed by atoms with Gasteiger partial charge in [-0.05, 0) is 71.7 Å². The predicted molar refractivity (Wildman–Crippen MR) is 203 cm³/mol. The van der Waals surface area contributed by atoms with Crippen molar-refractivity contribution in [2.45, 2.75) is 65.4 Å². The summed E-state index contributed by atoms with van der Waals surface area (Å²) in [6, 6.07) is 23.0. The second-order valence-corrected chi connectivity index (χ2v) is 13.4. The molecule has 2 aromatic heterocycles. The summed E-state index contributed by atoms with van der Waals surface area (Å²) >= 11 is 0. The van der Waals surface area contributed by atoms with Crippen molar-refractivity contribution in [2.75, 3.05) is 13.7 Å². The molecule has 1 aliphatic rings. The fraction of sp³-hybridized carbons (Fsp3) is 0.293. The molecule has 1 aliphatic heterocycles. The Balaban J connectivity index is 1.15. The number of fused-ring (bicyclic) bond motifs is 6. The highest BCUT2D eigenvalue weighted by Crippen LogP contribution is 2.42. The Hall–Kier alpha value is -6.17. The van der Waals surface area contributed by atoms with Gasteiger partial charge in [0.25, 0.3) is 0 Å². The number of hydrogen-bond acceptors (Lipinski definition) is 7. The van der Waals surface area contributed by atoms with Gasteiger partial charge in [-0.25, -0.2) is 14.8 Å². The number of aromatic nitrogens is 4. The zero-order chi connectivity index (χ0) is 37.1. The van der Waals surface area contributed by atoms with E-state index in [-0.39, 0.29) is 18.5 Å². The Kier molecular flexibility index (Phi) is 10.1. The molecule has 2 atom stereocenters. The topological polar surface area (TPSA) is 146 Å². The monoisotopic (exact) mass is 713 g/mol. The Morgan fingerprint density at radius 3 is 2.58 bits per heavy atom. The summed E-state index contributed by atoms with van der Waals surface area (Å²) in [5.41, 5.74) is 7.37. The second kappa shape index (κ2) is 15.2. The van der Waals surface area contributed by atoms with E-state index in [4.69, 9.17) is 14.5 Å². The predicted octanol–water partition coefficient (Wildman–Crippen LogP) is 7.26. The van der Waals surface area contributed by atoms with Crippen molar-refractivity contribution in [3.63, 3.8) is 0 Å². The zero-order valence-corrected chi connectivity index (χ0v) is 30.3. The summed E-state index contributed by atoms with van der Waals surface area (Å²) in [5.74, 6) is 1.91. The van der Waals surface area contributed by atoms with E-state index in [0.717, 1.165) is 80.6 Å². The second-order valence-electron chi connectivity index (χ2n) is 13.4. The van der Waals surface area contributed by atoms with Gasteiger partial charge in [0.15, 0.2) is 0 Å². The number of benzene rings is 4. The number of amides is 3. The van der Waals surface area contributed by atoms with Crippen molar-refractivity contribution in [2.24, 2.45) is 0 Å². The molecule has 3 amide bonds. The molecule has 0 bridgehead atoms. The molecule has 0 spiro atoms. The minimum atomic E-state index is -0.908. The first-order valence-electron chi connectivity index (χ1n) is 17.9. The first-order valence-corrected chi connectivity index (χ1v) is 17.9. The average Bonchev–Trinajstić information content (AvgIpc) is 3.84. The quantitative estimate of drug-likeness (QED) is 0.107. The number of nitrogens with zero attached hydrogens (tertiary/aromatic N) is 4. The maximum atomic E-state index is 13.9. The van der Waals surface area contributed by atoms with E-state index in [1.54, 1.807) is 9.80 Å². The van der Waals surface area contributed by atoms with E-state index in [0.29, 0.717) is 31.1 Å². The smallest absolute Gasteiger partial charge is 0.407 e. The third kappa shape index (κ3) is 7.17. The maximum absolute atomic E-state index is 13.9. The van der Waals surface area contributed by atoms with Gasteiger partial charge in [0.05, 0.1) is 43.1 Å². The number of ether oxygens (including phenoxy) is 2. The molecule has 0 aliphatic carbocycles. The maximum Gasteiger partial charge on any atom is 0.407 e. The molecule has 1 unspecified atom stereocenters. The summed E-state index contributed by atoms with van der Waals surface area (Å²) < 4.78 is 11.2. The molecule has 7 rings (SSSR count). The molecule has 12 heteroatoms. The normalized spacial score (nSPS) is 13.1. The third-order valence-corrected chi connectivity index (χ3v) is 9.94. The minimum absolute atomic E-state index is 0.132. The lowest BCUT2D eigenvalue weighted by molar-refractivity contribution is -0.134. The van der Waals surface area contributed by atoms with Crippen molar-refractivity contribution in [1.82, 2.24) is 35.1 Å². The lowest BCUT2D eigenvalue weighted by Crippen LogP contribution is -2.43. The average molecular weight is 714 g/mol. The molecule has 3 heterocycles. The summed E-state index contributed by atoms with van der Waals surface area (Å²) in [7, 11) is 1.28. The Bertz CT molecular complexity index is 2280. The van der Waals surface area contributed by atoms with Crippen LogP contribution in [0.25, 0.3) is 44.2 Å². The number of imidazole rings is 2. The minimum Gasteiger partial charge on any atom is -0.488 e. The van der Waals surface area contributed by atoms with Crippen LogP contribution < -0.4 is 10.1 Å². The molecule has 3 N–H and O–H groups in total. The summed E-state index contributed by atoms with van der Waals surface area (Å²) in [6.07, 6.45) is 3.60. The van der Waals surface area contributed by atoms with Gasteiger partial charge in [0.2, 0.25) is 12.3 Å². The molecular formula is C41H43N7O5. The Morgan fingerprint density at radius 2 is 1.83 bits per heavy atom. The number of aromatic amines is 2. The van der Waals surface area contributed by atoms with E-state index in [2.05, 4.69) is 63.6 Å². The van der Waals surface area contributed by atoms with Crippen molar-refractivity contribution >= 4 is 40.2 Å². The number of rotatable bonds is 13. The molecular weight excluding hydrogens is 670 g/mol. The fourth-order valence-electron chi connectivity index (χ4n) is 6.89. The van der Waals surface area contributed by atoms with Crippen LogP contribution in [0.3, 0.4) is 0 Å². The first-order chi connectivity index (χ1) is 25.8. The Labute approximate surface area is 307 Å². The van der Waals surface area contributed by atoms with Crippen molar-refractivity contribution in [3.05, 3.63) is 102 Å². The highest BCUT2D eigenvalue weighted by Gasteiger charge is 2.29. The Morgan fingerprint density at radius 1 is 1.00 bits per heavy atom. The third-order valence-electron chi connectivity index (χ3n) is 9.94. The lowest BCUT2D eigenvalue weighted by Gasteiger charge is -2.27. The van der Waals surface area contributed by atoms with Gasteiger partial charge in [-0.15, -0.1) is 0 Å². The molecule has 12 nitrogen and oxygen atoms in total. The number of methoxy groups -OCH3 is 1. The number of alkyl carbamates (subject to hydrolysis) is 1. The molecule has 6 aromatic rings. The highest BCUT2D eigenvalue weighted by molar-refractivity contribution is 6.07. The summed E-state index contributed by atoms with van der Waals surface area (Å²) in [5, 5.41) is 4.70. The van der Waals surface area contributed by atoms with Crippen molar-refractivity contribution < 1.29 is 23.9 Å². The number of hydrogen-bond donors (Lipinski definition) is 3. The summed E-state index contributed by atoms with van der Waals surface area (Å²) in [6.45, 7) is 7.64. The summed E-state index contributed by atoms with van der Waals surface area (Å²) in [4.78, 5) is 57.5. The molecule has 0 saturated carbocycles. The van der Waals surface area contributed by atoms with Gasteiger partial charge < -0.3 is 34.6 Å². The SMILES string of the molecule is CCCN(Cc1nc2ccc3cc4c(cc3c2[nH]1)OCc1cc(-c2cnc(CN(C=O)[C@@H](C)CC)[nH]2)ccc1-4)C(=O)C(NC(=O)OC)c1ccccc1. The van der Waals surface area contributed by atoms with Gasteiger partial charge in [-0.2, -0.15) is 0 Å². The van der Waals surface area contributed by atoms with Crippen LogP contribution in [0.15, 0.2) is 79.0 Å². The standard InChI is InChI=1S/C41H43N7O5/c1-5-16-47(40(50)38(46-41(51)52-4)26-10-8-7-9-11-26)22-37-43-33-15-13-27-18-32-30-14-12-28(17-29(30)23-53-35(32)19-31(27)39(33)45-37)34-20-42-36(44-34)21-48(24-49)25(3)6-2/h7-15,17-20,24-25,38H,5-6,16,21-23H2,1-4H3,(H,42,44)(H,43,45)(H,46,51)/t25-,38?/m0/s1. The van der Waals surface area contributed by atoms with E-state index < -0.39 is 12.1 Å². The van der Waals surface area contributed by atoms with Gasteiger partial charge in [0, 0.05) is 23.5 Å². The van der Waals surface area contributed by atoms with Crippen LogP contribution in [-0.2, 0) is 34.0 Å². The number of carbonyl (C=O) groups is 3. The number of nitrogens with one attached hydrogen (secondary N) is 3. The molecule has 0 saturated heterocycles. The van der Waals surface area contributed by atoms with Crippen molar-refractivity contribution in [1.29, 1.82) is 0 Å². The highest BCUT2D eigenvalue weighted by atomic mass is 16.5. The van der Waals surface area contributed by atoms with Crippen LogP contribution in [0.5, 0.6) is 5.75 Å². The van der Waals surface area contributed by atoms with E-state index in [1.165, 1.54) is 7.11 Å². The van der Waals surface area contributed by atoms with Crippen LogP contribution in [-0.4, -0.2) is 67.8 Å². The molecule has 0 fully saturated rings. The van der Waals surface area contributed by atoms with Crippen molar-refractivity contribution in [3.8, 4) is 28.1 Å². The molecule has 0 radical (unpaired) electrons. The van der Waals surface area contributed by atoms with E-state index >= 15 is 0 Å². The lowest BCUT2D eigenvalue weighted by atomic mass is 9.92. The zero-order valence-electron chi connectivity index (χ0n) is 30.3. The number of carbonyl (C=O) groups excluding carboxylic acids is 3. The van der Waals surface area contributed by atoms with E-state index in [9.17, 15) is 14.4 Å². The fourth-order valence-corrected chi connectivity index (χ4v) is 6.89. The van der Waals surface area contributed by atoms with E-state index in [1.807, 2.05) is 56.4 Å². The molecule has 4 aromatic carbocycles. The van der Waals surface area contributed by atoms with Gasteiger partial charge in [0.1, 0.15) is 30.0 Å². The van der Waals surface area contributed by atoms with Crippen LogP contribution in [0.4, 0.5) is 4.79 Å². The first kappa shape index (κ1) is 35.2. The number of H-pyrrole nitrogens is 2. The molecule has 53 heavy (non-hydrogen) atoms. The van der Waals surface area contributed by atoms with Crippen LogP contribution in [0, 0.1) is 0 Å². The van der Waals surface area contributed by atoms with Crippen LogP contribution in [0.1, 0.15) is 62.4 Å². The van der Waals surface area contributed by atoms with Gasteiger partial charge in [-0.3, -0.25) is 9.59 Å². The van der Waals surface area contributed by atoms with Gasteiger partial charge >= 0.3 is 6.09 Å². The van der Waals surface area contributed by atoms with Crippen LogP contribution >= 0.6 is 0 Å². The van der Waals surface area contributed by atoms with Gasteiger partial charge in [-0.1, -0.05) is 62.4 Å². The largest absolute Gasteiger partial charge is 0.488 e. The van der Waals surface area contributed by atoms with Crippen LogP contribution in [0.2, 0.25) is 0 Å². The molecule has 272 valence electrons.